The van der Waals surface area contributed by atoms with E-state index < -0.39 is 0 Å². The summed E-state index contributed by atoms with van der Waals surface area (Å²) in [6, 6.07) is 13.4. The molecule has 1 aromatic carbocycles. The lowest BCUT2D eigenvalue weighted by Gasteiger charge is -2.41. The van der Waals surface area contributed by atoms with Gasteiger partial charge in [-0.15, -0.1) is 0 Å². The molecule has 1 fully saturated rings. The largest absolute Gasteiger partial charge is 0.396 e. The van der Waals surface area contributed by atoms with Crippen LogP contribution in [0.4, 0.5) is 0 Å². The third kappa shape index (κ3) is 4.88. The highest BCUT2D eigenvalue weighted by molar-refractivity contribution is 7.07. The lowest BCUT2D eigenvalue weighted by molar-refractivity contribution is 0.0544. The zero-order valence-electron chi connectivity index (χ0n) is 13.6. The number of hydrogen-bond donors (Lipinski definition) is 1. The molecule has 4 heteroatoms. The summed E-state index contributed by atoms with van der Waals surface area (Å²) >= 11 is 1.76. The minimum Gasteiger partial charge on any atom is -0.396 e. The number of benzene rings is 1. The molecule has 2 heterocycles. The van der Waals surface area contributed by atoms with E-state index in [0.717, 1.165) is 45.6 Å². The lowest BCUT2D eigenvalue weighted by Crippen LogP contribution is -2.53. The molecule has 0 bridgehead atoms. The first kappa shape index (κ1) is 16.7. The Kier molecular flexibility index (Phi) is 6.22. The van der Waals surface area contributed by atoms with Crippen molar-refractivity contribution in [2.24, 2.45) is 0 Å². The van der Waals surface area contributed by atoms with Crippen LogP contribution >= 0.6 is 11.3 Å². The Morgan fingerprint density at radius 1 is 1.09 bits per heavy atom. The number of aliphatic hydroxyl groups excluding tert-OH is 1. The lowest BCUT2D eigenvalue weighted by atomic mass is 10.1. The molecule has 3 rings (SSSR count). The fourth-order valence-electron chi connectivity index (χ4n) is 3.34. The number of nitrogens with zero attached hydrogens (tertiary/aromatic N) is 2. The summed E-state index contributed by atoms with van der Waals surface area (Å²) < 4.78 is 0. The molecule has 3 nitrogen and oxygen atoms in total. The molecule has 0 radical (unpaired) electrons. The molecule has 23 heavy (non-hydrogen) atoms. The normalized spacial score (nSPS) is 20.0. The van der Waals surface area contributed by atoms with Crippen LogP contribution in [0.25, 0.3) is 0 Å². The zero-order valence-corrected chi connectivity index (χ0v) is 14.4. The monoisotopic (exact) mass is 330 g/mol. The number of thiophene rings is 1. The van der Waals surface area contributed by atoms with Gasteiger partial charge in [0.05, 0.1) is 0 Å². The van der Waals surface area contributed by atoms with E-state index in [1.54, 1.807) is 11.3 Å². The van der Waals surface area contributed by atoms with Gasteiger partial charge in [0.2, 0.25) is 0 Å². The molecule has 2 aromatic rings. The van der Waals surface area contributed by atoms with E-state index in [0.29, 0.717) is 6.04 Å². The maximum absolute atomic E-state index is 9.41. The average Bonchev–Trinajstić information content (AvgIpc) is 3.09. The molecule has 1 N–H and O–H groups in total. The van der Waals surface area contributed by atoms with Crippen molar-refractivity contribution in [3.8, 4) is 0 Å². The summed E-state index contributed by atoms with van der Waals surface area (Å²) in [6.45, 7) is 5.68. The number of hydrogen-bond acceptors (Lipinski definition) is 4. The third-order valence-corrected chi connectivity index (χ3v) is 5.41. The van der Waals surface area contributed by atoms with Crippen molar-refractivity contribution in [3.05, 3.63) is 58.3 Å². The van der Waals surface area contributed by atoms with Crippen LogP contribution in [0.3, 0.4) is 0 Å². The van der Waals surface area contributed by atoms with Crippen molar-refractivity contribution in [1.29, 1.82) is 0 Å². The highest BCUT2D eigenvalue weighted by atomic mass is 32.1. The molecule has 0 amide bonds. The predicted octanol–water partition coefficient (Wildman–Crippen LogP) is 2.86. The Morgan fingerprint density at radius 2 is 1.96 bits per heavy atom. The van der Waals surface area contributed by atoms with Gasteiger partial charge in [0.25, 0.3) is 0 Å². The summed E-state index contributed by atoms with van der Waals surface area (Å²) in [7, 11) is 0. The molecular weight excluding hydrogens is 304 g/mol. The smallest absolute Gasteiger partial charge is 0.0446 e. The van der Waals surface area contributed by atoms with Crippen LogP contribution in [0.15, 0.2) is 47.2 Å². The molecular formula is C19H26N2OS. The van der Waals surface area contributed by atoms with Gasteiger partial charge in [0, 0.05) is 45.4 Å². The topological polar surface area (TPSA) is 26.7 Å². The van der Waals surface area contributed by atoms with Gasteiger partial charge in [-0.25, -0.2) is 0 Å². The summed E-state index contributed by atoms with van der Waals surface area (Å²) in [5.74, 6) is 0. The molecule has 0 unspecified atom stereocenters. The van der Waals surface area contributed by atoms with E-state index in [4.69, 9.17) is 0 Å². The van der Waals surface area contributed by atoms with Crippen molar-refractivity contribution in [3.63, 3.8) is 0 Å². The zero-order chi connectivity index (χ0) is 15.9. The van der Waals surface area contributed by atoms with Crippen molar-refractivity contribution in [2.75, 3.05) is 32.8 Å². The third-order valence-electron chi connectivity index (χ3n) is 4.68. The summed E-state index contributed by atoms with van der Waals surface area (Å²) in [5, 5.41) is 13.8. The molecule has 1 aliphatic rings. The van der Waals surface area contributed by atoms with Crippen LogP contribution < -0.4 is 0 Å². The first-order valence-electron chi connectivity index (χ1n) is 8.47. The first-order chi connectivity index (χ1) is 11.3. The Balaban J connectivity index is 1.53. The number of rotatable bonds is 7. The Morgan fingerprint density at radius 3 is 2.70 bits per heavy atom. The van der Waals surface area contributed by atoms with Gasteiger partial charge in [-0.3, -0.25) is 4.90 Å². The van der Waals surface area contributed by atoms with Gasteiger partial charge in [0.1, 0.15) is 0 Å². The second-order valence-corrected chi connectivity index (χ2v) is 7.08. The van der Waals surface area contributed by atoms with Crippen LogP contribution in [0, 0.1) is 0 Å². The van der Waals surface area contributed by atoms with E-state index >= 15 is 0 Å². The number of aliphatic hydroxyl groups is 1. The van der Waals surface area contributed by atoms with Gasteiger partial charge >= 0.3 is 0 Å². The van der Waals surface area contributed by atoms with Gasteiger partial charge in [-0.05, 0) is 40.8 Å². The van der Waals surface area contributed by atoms with Crippen molar-refractivity contribution in [1.82, 2.24) is 9.80 Å². The fourth-order valence-corrected chi connectivity index (χ4v) is 4.00. The summed E-state index contributed by atoms with van der Waals surface area (Å²) in [4.78, 5) is 5.09. The van der Waals surface area contributed by atoms with E-state index in [-0.39, 0.29) is 6.61 Å². The second-order valence-electron chi connectivity index (χ2n) is 6.30. The summed E-state index contributed by atoms with van der Waals surface area (Å²) in [6.07, 6.45) is 1.98. The van der Waals surface area contributed by atoms with Gasteiger partial charge < -0.3 is 10.0 Å². The van der Waals surface area contributed by atoms with Crippen LogP contribution in [-0.4, -0.2) is 53.7 Å². The SMILES string of the molecule is OCC[C@@H]1CN(CCc2ccccc2)CCN1Cc1ccsc1. The molecule has 1 saturated heterocycles. The van der Waals surface area contributed by atoms with Crippen LogP contribution in [0.5, 0.6) is 0 Å². The van der Waals surface area contributed by atoms with Gasteiger partial charge in [-0.1, -0.05) is 30.3 Å². The molecule has 1 aliphatic heterocycles. The maximum Gasteiger partial charge on any atom is 0.0446 e. The predicted molar refractivity (Wildman–Crippen MR) is 96.8 cm³/mol. The van der Waals surface area contributed by atoms with Gasteiger partial charge in [0.15, 0.2) is 0 Å². The standard InChI is InChI=1S/C19H26N2OS/c22-12-7-19-15-20(9-6-17-4-2-1-3-5-17)10-11-21(19)14-18-8-13-23-16-18/h1-5,8,13,16,19,22H,6-7,9-12,14-15H2/t19-/m1/s1. The second kappa shape index (κ2) is 8.60. The number of piperazine rings is 1. The Labute approximate surface area is 143 Å². The van der Waals surface area contributed by atoms with Crippen molar-refractivity contribution in [2.45, 2.75) is 25.4 Å². The highest BCUT2D eigenvalue weighted by Gasteiger charge is 2.26. The fraction of sp³-hybridized carbons (Fsp3) is 0.474. The quantitative estimate of drug-likeness (QED) is 0.846. The van der Waals surface area contributed by atoms with Crippen LogP contribution in [0.2, 0.25) is 0 Å². The molecule has 0 aliphatic carbocycles. The molecule has 124 valence electrons. The van der Waals surface area contributed by atoms with Gasteiger partial charge in [-0.2, -0.15) is 11.3 Å². The van der Waals surface area contributed by atoms with Crippen molar-refractivity contribution >= 4 is 11.3 Å². The van der Waals surface area contributed by atoms with E-state index in [9.17, 15) is 5.11 Å². The molecule has 1 aromatic heterocycles. The maximum atomic E-state index is 9.41. The molecule has 0 saturated carbocycles. The minimum absolute atomic E-state index is 0.275. The van der Waals surface area contributed by atoms with Crippen LogP contribution in [-0.2, 0) is 13.0 Å². The van der Waals surface area contributed by atoms with Crippen molar-refractivity contribution < 1.29 is 5.11 Å². The van der Waals surface area contributed by atoms with Crippen LogP contribution in [0.1, 0.15) is 17.5 Å². The minimum atomic E-state index is 0.275. The molecule has 0 spiro atoms. The van der Waals surface area contributed by atoms with E-state index in [1.165, 1.54) is 11.1 Å². The van der Waals surface area contributed by atoms with E-state index in [2.05, 4.69) is 57.0 Å². The Hall–Kier alpha value is -1.20. The van der Waals surface area contributed by atoms with E-state index in [1.807, 2.05) is 0 Å². The first-order valence-corrected chi connectivity index (χ1v) is 9.41. The summed E-state index contributed by atoms with van der Waals surface area (Å²) in [5.41, 5.74) is 2.81. The highest BCUT2D eigenvalue weighted by Crippen LogP contribution is 2.18. The average molecular weight is 330 g/mol. The Bertz CT molecular complexity index is 558. The molecule has 1 atom stereocenters.